The lowest BCUT2D eigenvalue weighted by molar-refractivity contribution is 0.0935. The second-order valence-electron chi connectivity index (χ2n) is 5.65. The molecular formula is C19H19N3O3. The quantitative estimate of drug-likeness (QED) is 0.777. The van der Waals surface area contributed by atoms with E-state index in [1.807, 2.05) is 24.4 Å². The number of carbonyl (C=O) groups excluding carboxylic acids is 2. The molecule has 1 aromatic carbocycles. The van der Waals surface area contributed by atoms with Crippen LogP contribution in [-0.2, 0) is 6.42 Å². The molecule has 6 nitrogen and oxygen atoms in total. The standard InChI is InChI=1S/C19H19N3O3/c1-13(23)22-12-14(16-11-15(25-2)6-7-18(16)22)8-10-21-19(24)17-5-3-4-9-20-17/h3-7,9,11-12H,8,10H2,1-2H3,(H,21,24). The Morgan fingerprint density at radius 2 is 2.08 bits per heavy atom. The van der Waals surface area contributed by atoms with Crippen molar-refractivity contribution in [3.05, 3.63) is 60.0 Å². The second-order valence-corrected chi connectivity index (χ2v) is 5.65. The molecule has 0 aliphatic heterocycles. The first-order valence-corrected chi connectivity index (χ1v) is 7.98. The zero-order valence-corrected chi connectivity index (χ0v) is 14.2. The molecule has 2 heterocycles. The van der Waals surface area contributed by atoms with Gasteiger partial charge in [0.15, 0.2) is 0 Å². The van der Waals surface area contributed by atoms with Gasteiger partial charge in [0.2, 0.25) is 5.91 Å². The van der Waals surface area contributed by atoms with Crippen molar-refractivity contribution in [1.82, 2.24) is 14.9 Å². The Balaban J connectivity index is 1.79. The van der Waals surface area contributed by atoms with Gasteiger partial charge in [-0.15, -0.1) is 0 Å². The number of rotatable bonds is 5. The summed E-state index contributed by atoms with van der Waals surface area (Å²) in [4.78, 5) is 27.9. The lowest BCUT2D eigenvalue weighted by Gasteiger charge is -2.05. The van der Waals surface area contributed by atoms with Crippen LogP contribution in [0.3, 0.4) is 0 Å². The predicted octanol–water partition coefficient (Wildman–Crippen LogP) is 2.68. The van der Waals surface area contributed by atoms with Gasteiger partial charge in [-0.05, 0) is 42.3 Å². The summed E-state index contributed by atoms with van der Waals surface area (Å²) in [7, 11) is 1.61. The molecule has 0 aliphatic rings. The number of pyridine rings is 1. The van der Waals surface area contributed by atoms with Gasteiger partial charge in [-0.3, -0.25) is 19.1 Å². The summed E-state index contributed by atoms with van der Waals surface area (Å²) in [5.74, 6) is 0.458. The van der Waals surface area contributed by atoms with Gasteiger partial charge < -0.3 is 10.1 Å². The highest BCUT2D eigenvalue weighted by atomic mass is 16.5. The molecule has 1 N–H and O–H groups in total. The van der Waals surface area contributed by atoms with Crippen molar-refractivity contribution in [2.24, 2.45) is 0 Å². The van der Waals surface area contributed by atoms with Gasteiger partial charge in [-0.1, -0.05) is 6.07 Å². The van der Waals surface area contributed by atoms with Gasteiger partial charge in [0.25, 0.3) is 5.91 Å². The van der Waals surface area contributed by atoms with E-state index in [4.69, 9.17) is 4.74 Å². The van der Waals surface area contributed by atoms with Crippen molar-refractivity contribution in [2.45, 2.75) is 13.3 Å². The molecule has 128 valence electrons. The third-order valence-electron chi connectivity index (χ3n) is 4.01. The minimum absolute atomic E-state index is 0.0565. The number of benzene rings is 1. The third-order valence-corrected chi connectivity index (χ3v) is 4.01. The number of aromatic nitrogens is 2. The van der Waals surface area contributed by atoms with E-state index in [1.165, 1.54) is 6.92 Å². The van der Waals surface area contributed by atoms with Gasteiger partial charge in [0, 0.05) is 31.2 Å². The van der Waals surface area contributed by atoms with Gasteiger partial charge in [-0.2, -0.15) is 0 Å². The van der Waals surface area contributed by atoms with Crippen LogP contribution in [0.5, 0.6) is 5.75 Å². The molecule has 0 fully saturated rings. The van der Waals surface area contributed by atoms with Crippen LogP contribution in [0.4, 0.5) is 0 Å². The summed E-state index contributed by atoms with van der Waals surface area (Å²) < 4.78 is 6.89. The van der Waals surface area contributed by atoms with E-state index >= 15 is 0 Å². The van der Waals surface area contributed by atoms with E-state index in [0.717, 1.165) is 22.2 Å². The lowest BCUT2D eigenvalue weighted by atomic mass is 10.1. The fourth-order valence-electron chi connectivity index (χ4n) is 2.76. The Hall–Kier alpha value is -3.15. The van der Waals surface area contributed by atoms with Crippen LogP contribution in [0.2, 0.25) is 0 Å². The third kappa shape index (κ3) is 3.52. The summed E-state index contributed by atoms with van der Waals surface area (Å²) in [6.45, 7) is 1.97. The maximum absolute atomic E-state index is 12.1. The second kappa shape index (κ2) is 7.17. The first-order valence-electron chi connectivity index (χ1n) is 7.98. The molecule has 0 aliphatic carbocycles. The summed E-state index contributed by atoms with van der Waals surface area (Å²) in [6.07, 6.45) is 4.00. The average molecular weight is 337 g/mol. The maximum Gasteiger partial charge on any atom is 0.269 e. The minimum atomic E-state index is -0.214. The van der Waals surface area contributed by atoms with Gasteiger partial charge >= 0.3 is 0 Å². The Morgan fingerprint density at radius 3 is 2.76 bits per heavy atom. The van der Waals surface area contributed by atoms with Crippen LogP contribution in [0.15, 0.2) is 48.8 Å². The normalized spacial score (nSPS) is 10.6. The highest BCUT2D eigenvalue weighted by Gasteiger charge is 2.13. The van der Waals surface area contributed by atoms with E-state index in [0.29, 0.717) is 18.7 Å². The number of nitrogens with zero attached hydrogens (tertiary/aromatic N) is 2. The van der Waals surface area contributed by atoms with Crippen molar-refractivity contribution in [1.29, 1.82) is 0 Å². The van der Waals surface area contributed by atoms with Crippen molar-refractivity contribution in [3.8, 4) is 5.75 Å². The van der Waals surface area contributed by atoms with Crippen LogP contribution in [0, 0.1) is 0 Å². The SMILES string of the molecule is COc1ccc2c(c1)c(CCNC(=O)c1ccccn1)cn2C(C)=O. The molecule has 0 unspecified atom stereocenters. The Kier molecular flexibility index (Phi) is 4.79. The number of hydrogen-bond donors (Lipinski definition) is 1. The summed E-state index contributed by atoms with van der Waals surface area (Å²) in [6, 6.07) is 10.8. The van der Waals surface area contributed by atoms with Crippen LogP contribution < -0.4 is 10.1 Å². The topological polar surface area (TPSA) is 73.2 Å². The highest BCUT2D eigenvalue weighted by Crippen LogP contribution is 2.26. The van der Waals surface area contributed by atoms with Gasteiger partial charge in [0.1, 0.15) is 11.4 Å². The molecule has 3 rings (SSSR count). The van der Waals surface area contributed by atoms with Crippen LogP contribution >= 0.6 is 0 Å². The fraction of sp³-hybridized carbons (Fsp3) is 0.211. The largest absolute Gasteiger partial charge is 0.497 e. The molecule has 6 heteroatoms. The molecule has 25 heavy (non-hydrogen) atoms. The molecule has 2 aromatic heterocycles. The lowest BCUT2D eigenvalue weighted by Crippen LogP contribution is -2.26. The minimum Gasteiger partial charge on any atom is -0.497 e. The molecule has 0 saturated heterocycles. The van der Waals surface area contributed by atoms with Crippen molar-refractivity contribution in [2.75, 3.05) is 13.7 Å². The average Bonchev–Trinajstić information content (AvgIpc) is 3.00. The number of amides is 1. The predicted molar refractivity (Wildman–Crippen MR) is 95.1 cm³/mol. The van der Waals surface area contributed by atoms with E-state index in [-0.39, 0.29) is 11.8 Å². The first kappa shape index (κ1) is 16.7. The molecular weight excluding hydrogens is 318 g/mol. The van der Waals surface area contributed by atoms with Crippen molar-refractivity contribution in [3.63, 3.8) is 0 Å². The molecule has 3 aromatic rings. The Labute approximate surface area is 145 Å². The van der Waals surface area contributed by atoms with Crippen LogP contribution in [0.1, 0.15) is 27.8 Å². The fourth-order valence-corrected chi connectivity index (χ4v) is 2.76. The van der Waals surface area contributed by atoms with Gasteiger partial charge in [-0.25, -0.2) is 0 Å². The van der Waals surface area contributed by atoms with E-state index in [9.17, 15) is 9.59 Å². The molecule has 0 spiro atoms. The molecule has 0 bridgehead atoms. The number of methoxy groups -OCH3 is 1. The zero-order chi connectivity index (χ0) is 17.8. The number of nitrogens with one attached hydrogen (secondary N) is 1. The summed E-state index contributed by atoms with van der Waals surface area (Å²) in [5, 5.41) is 3.80. The van der Waals surface area contributed by atoms with E-state index < -0.39 is 0 Å². The summed E-state index contributed by atoms with van der Waals surface area (Å²) in [5.41, 5.74) is 2.19. The first-order chi connectivity index (χ1) is 12.1. The number of ether oxygens (including phenoxy) is 1. The smallest absolute Gasteiger partial charge is 0.269 e. The van der Waals surface area contributed by atoms with Crippen molar-refractivity contribution >= 4 is 22.7 Å². The Morgan fingerprint density at radius 1 is 1.24 bits per heavy atom. The van der Waals surface area contributed by atoms with Crippen LogP contribution in [-0.4, -0.2) is 35.0 Å². The van der Waals surface area contributed by atoms with Crippen LogP contribution in [0.25, 0.3) is 10.9 Å². The van der Waals surface area contributed by atoms with E-state index in [1.54, 1.807) is 36.1 Å². The monoisotopic (exact) mass is 337 g/mol. The summed E-state index contributed by atoms with van der Waals surface area (Å²) >= 11 is 0. The molecule has 0 saturated carbocycles. The highest BCUT2D eigenvalue weighted by molar-refractivity contribution is 5.94. The van der Waals surface area contributed by atoms with E-state index in [2.05, 4.69) is 10.3 Å². The molecule has 1 amide bonds. The number of carbonyl (C=O) groups is 2. The molecule has 0 atom stereocenters. The number of fused-ring (bicyclic) bond motifs is 1. The Bertz CT molecular complexity index is 916. The van der Waals surface area contributed by atoms with Crippen molar-refractivity contribution < 1.29 is 14.3 Å². The maximum atomic E-state index is 12.1. The van der Waals surface area contributed by atoms with Gasteiger partial charge in [0.05, 0.1) is 12.6 Å². The molecule has 0 radical (unpaired) electrons. The zero-order valence-electron chi connectivity index (χ0n) is 14.2. The number of hydrogen-bond acceptors (Lipinski definition) is 4.